The van der Waals surface area contributed by atoms with Crippen LogP contribution in [0.1, 0.15) is 48.6 Å². The first kappa shape index (κ1) is 22.9. The van der Waals surface area contributed by atoms with Crippen molar-refractivity contribution in [1.82, 2.24) is 10.6 Å². The fourth-order valence-electron chi connectivity index (χ4n) is 4.48. The third-order valence-electron chi connectivity index (χ3n) is 6.08. The fraction of sp³-hybridized carbons (Fsp3) is 0.480. The van der Waals surface area contributed by atoms with Crippen LogP contribution in [0.15, 0.2) is 36.4 Å². The summed E-state index contributed by atoms with van der Waals surface area (Å²) in [6.45, 7) is 8.82. The van der Waals surface area contributed by atoms with E-state index in [1.54, 1.807) is 14.2 Å². The summed E-state index contributed by atoms with van der Waals surface area (Å²) in [6, 6.07) is 12.9. The van der Waals surface area contributed by atoms with Crippen molar-refractivity contribution in [3.63, 3.8) is 0 Å². The highest BCUT2D eigenvalue weighted by atomic mass is 16.5. The van der Waals surface area contributed by atoms with Crippen LogP contribution in [0, 0.1) is 6.92 Å². The van der Waals surface area contributed by atoms with E-state index in [4.69, 9.17) is 9.47 Å². The predicted molar refractivity (Wildman–Crippen MR) is 123 cm³/mol. The van der Waals surface area contributed by atoms with Crippen molar-refractivity contribution in [3.05, 3.63) is 58.7 Å². The lowest BCUT2D eigenvalue weighted by atomic mass is 9.87. The van der Waals surface area contributed by atoms with Gasteiger partial charge >= 0.3 is 6.03 Å². The molecule has 1 aliphatic rings. The Bertz CT molecular complexity index is 882. The lowest BCUT2D eigenvalue weighted by Gasteiger charge is -2.38. The standard InChI is InChI=1S/C25H35N3O3/c1-6-12-26-25(29)27-18(3)24-21-15-23(31-5)22(30-4)14-20(21)11-13-28(24)16-19-9-7-17(2)8-10-19/h7-10,14-15,18,24H,6,11-13,16H2,1-5H3,(H2,26,27,29)/p+1/t18-,24-/m0/s1. The molecule has 0 aliphatic carbocycles. The van der Waals surface area contributed by atoms with Crippen molar-refractivity contribution in [2.75, 3.05) is 27.3 Å². The summed E-state index contributed by atoms with van der Waals surface area (Å²) >= 11 is 0. The zero-order chi connectivity index (χ0) is 22.4. The van der Waals surface area contributed by atoms with E-state index in [1.165, 1.54) is 27.2 Å². The minimum Gasteiger partial charge on any atom is -0.493 e. The average molecular weight is 427 g/mol. The molecule has 0 radical (unpaired) electrons. The number of urea groups is 1. The van der Waals surface area contributed by atoms with Crippen LogP contribution in [-0.4, -0.2) is 39.4 Å². The molecule has 6 nitrogen and oxygen atoms in total. The SMILES string of the molecule is CCCNC(=O)N[C@@H](C)[C@H]1c2cc(OC)c(OC)cc2CC[NH+]1Cc1ccc(C)cc1. The molecular formula is C25H36N3O3+. The average Bonchev–Trinajstić information content (AvgIpc) is 2.77. The Hall–Kier alpha value is -2.73. The number of carbonyl (C=O) groups excluding carboxylic acids is 1. The molecule has 3 rings (SSSR count). The molecular weight excluding hydrogens is 390 g/mol. The van der Waals surface area contributed by atoms with Gasteiger partial charge in [-0.1, -0.05) is 36.8 Å². The third kappa shape index (κ3) is 5.50. The van der Waals surface area contributed by atoms with Gasteiger partial charge in [0.2, 0.25) is 0 Å². The van der Waals surface area contributed by atoms with Crippen LogP contribution in [0.5, 0.6) is 11.5 Å². The Balaban J connectivity index is 1.93. The molecule has 3 atom stereocenters. The summed E-state index contributed by atoms with van der Waals surface area (Å²) in [5, 5.41) is 6.11. The number of quaternary nitrogens is 1. The van der Waals surface area contributed by atoms with Crippen molar-refractivity contribution in [1.29, 1.82) is 0 Å². The summed E-state index contributed by atoms with van der Waals surface area (Å²) in [4.78, 5) is 13.9. The van der Waals surface area contributed by atoms with Crippen LogP contribution in [0.3, 0.4) is 0 Å². The number of hydrogen-bond acceptors (Lipinski definition) is 3. The van der Waals surface area contributed by atoms with E-state index in [2.05, 4.69) is 60.9 Å². The number of nitrogens with one attached hydrogen (secondary N) is 3. The van der Waals surface area contributed by atoms with Gasteiger partial charge in [0.15, 0.2) is 11.5 Å². The largest absolute Gasteiger partial charge is 0.493 e. The second-order valence-corrected chi connectivity index (χ2v) is 8.39. The second kappa shape index (κ2) is 10.5. The Labute approximate surface area is 185 Å². The zero-order valence-electron chi connectivity index (χ0n) is 19.4. The first-order valence-corrected chi connectivity index (χ1v) is 11.2. The van der Waals surface area contributed by atoms with Crippen LogP contribution in [-0.2, 0) is 13.0 Å². The fourth-order valence-corrected chi connectivity index (χ4v) is 4.48. The normalized spacial score (nSPS) is 18.6. The van der Waals surface area contributed by atoms with Crippen molar-refractivity contribution >= 4 is 6.03 Å². The van der Waals surface area contributed by atoms with Gasteiger partial charge < -0.3 is 25.0 Å². The number of rotatable bonds is 8. The molecule has 168 valence electrons. The Morgan fingerprint density at radius 2 is 1.84 bits per heavy atom. The molecule has 1 aliphatic heterocycles. The van der Waals surface area contributed by atoms with Gasteiger partial charge in [0.05, 0.1) is 26.8 Å². The van der Waals surface area contributed by atoms with Crippen molar-refractivity contribution in [2.24, 2.45) is 0 Å². The molecule has 1 heterocycles. The van der Waals surface area contributed by atoms with E-state index in [0.717, 1.165) is 37.4 Å². The summed E-state index contributed by atoms with van der Waals surface area (Å²) in [5.41, 5.74) is 5.04. The lowest BCUT2D eigenvalue weighted by molar-refractivity contribution is -0.948. The zero-order valence-corrected chi connectivity index (χ0v) is 19.4. The van der Waals surface area contributed by atoms with E-state index in [-0.39, 0.29) is 18.1 Å². The van der Waals surface area contributed by atoms with Gasteiger partial charge in [-0.15, -0.1) is 0 Å². The van der Waals surface area contributed by atoms with Gasteiger partial charge in [-0.3, -0.25) is 0 Å². The highest BCUT2D eigenvalue weighted by molar-refractivity contribution is 5.74. The van der Waals surface area contributed by atoms with Crippen LogP contribution in [0.25, 0.3) is 0 Å². The lowest BCUT2D eigenvalue weighted by Crippen LogP contribution is -3.13. The topological polar surface area (TPSA) is 64.0 Å². The monoisotopic (exact) mass is 426 g/mol. The maximum Gasteiger partial charge on any atom is 0.315 e. The Kier molecular flexibility index (Phi) is 7.80. The molecule has 1 unspecified atom stereocenters. The first-order valence-electron chi connectivity index (χ1n) is 11.2. The minimum atomic E-state index is -0.114. The number of hydrogen-bond donors (Lipinski definition) is 3. The Morgan fingerprint density at radius 1 is 1.16 bits per heavy atom. The summed E-state index contributed by atoms with van der Waals surface area (Å²) in [7, 11) is 3.33. The van der Waals surface area contributed by atoms with Crippen LogP contribution in [0.2, 0.25) is 0 Å². The highest BCUT2D eigenvalue weighted by Crippen LogP contribution is 2.35. The molecule has 0 spiro atoms. The highest BCUT2D eigenvalue weighted by Gasteiger charge is 2.37. The van der Waals surface area contributed by atoms with E-state index in [0.29, 0.717) is 6.54 Å². The van der Waals surface area contributed by atoms with Gasteiger partial charge in [-0.05, 0) is 38.0 Å². The number of benzene rings is 2. The molecule has 31 heavy (non-hydrogen) atoms. The van der Waals surface area contributed by atoms with Gasteiger partial charge in [0.1, 0.15) is 12.6 Å². The number of ether oxygens (including phenoxy) is 2. The molecule has 2 aromatic rings. The van der Waals surface area contributed by atoms with Gasteiger partial charge in [-0.2, -0.15) is 0 Å². The van der Waals surface area contributed by atoms with E-state index >= 15 is 0 Å². The molecule has 0 bridgehead atoms. The molecule has 0 saturated heterocycles. The molecule has 3 N–H and O–H groups in total. The first-order chi connectivity index (χ1) is 15.0. The summed E-state index contributed by atoms with van der Waals surface area (Å²) in [6.07, 6.45) is 1.87. The summed E-state index contributed by atoms with van der Waals surface area (Å²) in [5.74, 6) is 1.48. The smallest absolute Gasteiger partial charge is 0.315 e. The molecule has 2 amide bonds. The number of carbonyl (C=O) groups is 1. The second-order valence-electron chi connectivity index (χ2n) is 8.39. The quantitative estimate of drug-likeness (QED) is 0.608. The number of aryl methyl sites for hydroxylation is 1. The Morgan fingerprint density at radius 3 is 2.48 bits per heavy atom. The van der Waals surface area contributed by atoms with Crippen molar-refractivity contribution < 1.29 is 19.2 Å². The van der Waals surface area contributed by atoms with Crippen LogP contribution < -0.4 is 25.0 Å². The van der Waals surface area contributed by atoms with Crippen LogP contribution >= 0.6 is 0 Å². The predicted octanol–water partition coefficient (Wildman–Crippen LogP) is 2.79. The van der Waals surface area contributed by atoms with Crippen molar-refractivity contribution in [3.8, 4) is 11.5 Å². The van der Waals surface area contributed by atoms with E-state index in [9.17, 15) is 4.79 Å². The number of methoxy groups -OCH3 is 2. The molecule has 0 saturated carbocycles. The van der Waals surface area contributed by atoms with Crippen LogP contribution in [0.4, 0.5) is 4.79 Å². The minimum absolute atomic E-state index is 0.0468. The van der Waals surface area contributed by atoms with E-state index in [1.807, 2.05) is 6.92 Å². The maximum absolute atomic E-state index is 12.4. The molecule has 0 fully saturated rings. The van der Waals surface area contributed by atoms with Gasteiger partial charge in [-0.25, -0.2) is 4.79 Å². The molecule has 0 aromatic heterocycles. The van der Waals surface area contributed by atoms with E-state index < -0.39 is 0 Å². The van der Waals surface area contributed by atoms with Gasteiger partial charge in [0, 0.05) is 24.1 Å². The third-order valence-corrected chi connectivity index (χ3v) is 6.08. The van der Waals surface area contributed by atoms with Crippen molar-refractivity contribution in [2.45, 2.75) is 52.2 Å². The van der Waals surface area contributed by atoms with Gasteiger partial charge in [0.25, 0.3) is 0 Å². The molecule has 2 aromatic carbocycles. The maximum atomic E-state index is 12.4. The number of fused-ring (bicyclic) bond motifs is 1. The molecule has 6 heteroatoms. The summed E-state index contributed by atoms with van der Waals surface area (Å²) < 4.78 is 11.1. The number of amides is 2.